The van der Waals surface area contributed by atoms with E-state index < -0.39 is 11.7 Å². The van der Waals surface area contributed by atoms with Crippen molar-refractivity contribution >= 4 is 0 Å². The van der Waals surface area contributed by atoms with Gasteiger partial charge in [-0.05, 0) is 35.2 Å². The predicted octanol–water partition coefficient (Wildman–Crippen LogP) is 3.79. The molecule has 2 atom stereocenters. The molecule has 2 aromatic carbocycles. The molecular weight excluding hydrogens is 313 g/mol. The lowest BCUT2D eigenvalue weighted by Gasteiger charge is -2.28. The summed E-state index contributed by atoms with van der Waals surface area (Å²) in [6.07, 6.45) is -3.17. The van der Waals surface area contributed by atoms with Gasteiger partial charge in [0.15, 0.2) is 0 Å². The lowest BCUT2D eigenvalue weighted by Crippen LogP contribution is -2.56. The molecule has 0 spiro atoms. The quantitative estimate of drug-likeness (QED) is 0.890. The highest BCUT2D eigenvalue weighted by molar-refractivity contribution is 5.65. The molecule has 1 aliphatic carbocycles. The first kappa shape index (κ1) is 15.7. The summed E-state index contributed by atoms with van der Waals surface area (Å²) in [6, 6.07) is 14.5. The van der Waals surface area contributed by atoms with E-state index in [0.29, 0.717) is 23.6 Å². The maximum Gasteiger partial charge on any atom is 0.416 e. The Bertz CT molecular complexity index is 720. The van der Waals surface area contributed by atoms with E-state index in [0.717, 1.165) is 31.1 Å². The van der Waals surface area contributed by atoms with Crippen molar-refractivity contribution in [2.24, 2.45) is 0 Å². The highest BCUT2D eigenvalue weighted by atomic mass is 19.4. The van der Waals surface area contributed by atoms with Crippen molar-refractivity contribution in [3.8, 4) is 11.1 Å². The zero-order valence-corrected chi connectivity index (χ0v) is 13.1. The summed E-state index contributed by atoms with van der Waals surface area (Å²) >= 11 is 0. The van der Waals surface area contributed by atoms with Gasteiger partial charge in [0.2, 0.25) is 0 Å². The summed E-state index contributed by atoms with van der Waals surface area (Å²) in [6.45, 7) is 2.08. The van der Waals surface area contributed by atoms with Gasteiger partial charge >= 0.3 is 6.18 Å². The largest absolute Gasteiger partial charge is 0.416 e. The normalized spacial score (nSPS) is 23.8. The Hall–Kier alpha value is -1.85. The van der Waals surface area contributed by atoms with Crippen LogP contribution in [0.2, 0.25) is 0 Å². The van der Waals surface area contributed by atoms with Crippen LogP contribution in [0.1, 0.15) is 23.5 Å². The van der Waals surface area contributed by atoms with Crippen LogP contribution in [-0.4, -0.2) is 25.2 Å². The summed E-state index contributed by atoms with van der Waals surface area (Å²) in [5.74, 6) is 0.529. The van der Waals surface area contributed by atoms with E-state index in [1.54, 1.807) is 6.07 Å². The predicted molar refractivity (Wildman–Crippen MR) is 87.8 cm³/mol. The third kappa shape index (κ3) is 3.19. The monoisotopic (exact) mass is 332 g/mol. The molecule has 1 saturated carbocycles. The highest BCUT2D eigenvalue weighted by Crippen LogP contribution is 2.42. The van der Waals surface area contributed by atoms with Crippen LogP contribution >= 0.6 is 0 Å². The number of hydrogen-bond donors (Lipinski definition) is 2. The summed E-state index contributed by atoms with van der Waals surface area (Å²) < 4.78 is 38.5. The summed E-state index contributed by atoms with van der Waals surface area (Å²) in [5.41, 5.74) is 2.07. The molecule has 1 aliphatic heterocycles. The molecule has 2 N–H and O–H groups in total. The van der Waals surface area contributed by atoms with Crippen LogP contribution in [0.15, 0.2) is 48.5 Å². The fraction of sp³-hybridized carbons (Fsp3) is 0.368. The molecule has 2 nitrogen and oxygen atoms in total. The number of hydrogen-bond acceptors (Lipinski definition) is 2. The molecular formula is C19H19F3N2. The minimum absolute atomic E-state index is 0.529. The second kappa shape index (κ2) is 5.90. The van der Waals surface area contributed by atoms with Gasteiger partial charge in [-0.1, -0.05) is 36.4 Å². The van der Waals surface area contributed by atoms with Crippen LogP contribution in [-0.2, 0) is 6.18 Å². The highest BCUT2D eigenvalue weighted by Gasteiger charge is 2.40. The molecule has 126 valence electrons. The van der Waals surface area contributed by atoms with Gasteiger partial charge in [-0.3, -0.25) is 0 Å². The molecule has 1 heterocycles. The fourth-order valence-corrected chi connectivity index (χ4v) is 3.25. The van der Waals surface area contributed by atoms with E-state index >= 15 is 0 Å². The fourth-order valence-electron chi connectivity index (χ4n) is 3.25. The SMILES string of the molecule is FC(F)(F)c1cccc(-c2ccc([C@H]3C[C@@H]3NC3CNC3)cc2)c1. The second-order valence-corrected chi connectivity index (χ2v) is 6.67. The minimum Gasteiger partial charge on any atom is -0.314 e. The topological polar surface area (TPSA) is 24.1 Å². The van der Waals surface area contributed by atoms with Crippen molar-refractivity contribution in [1.82, 2.24) is 10.6 Å². The van der Waals surface area contributed by atoms with Crippen molar-refractivity contribution in [3.05, 3.63) is 59.7 Å². The van der Waals surface area contributed by atoms with Gasteiger partial charge in [0.25, 0.3) is 0 Å². The first-order valence-corrected chi connectivity index (χ1v) is 8.25. The standard InChI is InChI=1S/C19H19F3N2/c20-19(21,22)15-3-1-2-14(8-15)12-4-6-13(7-5-12)17-9-18(17)24-16-10-23-11-16/h1-8,16-18,23-24H,9-11H2/t17-,18+/m1/s1. The van der Waals surface area contributed by atoms with Crippen LogP contribution in [0.4, 0.5) is 13.2 Å². The summed E-state index contributed by atoms with van der Waals surface area (Å²) in [4.78, 5) is 0. The number of rotatable bonds is 4. The molecule has 2 aromatic rings. The van der Waals surface area contributed by atoms with Gasteiger partial charge in [-0.2, -0.15) is 13.2 Å². The van der Waals surface area contributed by atoms with Gasteiger partial charge in [-0.15, -0.1) is 0 Å². The lowest BCUT2D eigenvalue weighted by atomic mass is 10.0. The Labute approximate surface area is 139 Å². The first-order chi connectivity index (χ1) is 11.5. The number of benzene rings is 2. The Kier molecular flexibility index (Phi) is 3.85. The Morgan fingerprint density at radius 2 is 1.71 bits per heavy atom. The Morgan fingerprint density at radius 1 is 0.958 bits per heavy atom. The van der Waals surface area contributed by atoms with Crippen molar-refractivity contribution in [3.63, 3.8) is 0 Å². The van der Waals surface area contributed by atoms with Gasteiger partial charge in [0, 0.05) is 31.1 Å². The third-order valence-electron chi connectivity index (χ3n) is 4.88. The van der Waals surface area contributed by atoms with Gasteiger partial charge in [0.05, 0.1) is 5.56 Å². The van der Waals surface area contributed by atoms with E-state index in [9.17, 15) is 13.2 Å². The summed E-state index contributed by atoms with van der Waals surface area (Å²) in [7, 11) is 0. The average Bonchev–Trinajstić information content (AvgIpc) is 3.30. The molecule has 2 fully saturated rings. The van der Waals surface area contributed by atoms with E-state index in [4.69, 9.17) is 0 Å². The smallest absolute Gasteiger partial charge is 0.314 e. The number of alkyl halides is 3. The molecule has 1 saturated heterocycles. The van der Waals surface area contributed by atoms with E-state index in [-0.39, 0.29) is 0 Å². The van der Waals surface area contributed by atoms with Crippen LogP contribution in [0.5, 0.6) is 0 Å². The molecule has 0 unspecified atom stereocenters. The molecule has 0 bridgehead atoms. The lowest BCUT2D eigenvalue weighted by molar-refractivity contribution is -0.137. The minimum atomic E-state index is -4.31. The first-order valence-electron chi connectivity index (χ1n) is 8.25. The average molecular weight is 332 g/mol. The summed E-state index contributed by atoms with van der Waals surface area (Å²) in [5, 5.41) is 6.87. The van der Waals surface area contributed by atoms with Crippen molar-refractivity contribution in [2.75, 3.05) is 13.1 Å². The zero-order chi connectivity index (χ0) is 16.7. The van der Waals surface area contributed by atoms with Gasteiger partial charge in [0.1, 0.15) is 0 Å². The molecule has 0 radical (unpaired) electrons. The maximum atomic E-state index is 12.8. The second-order valence-electron chi connectivity index (χ2n) is 6.67. The van der Waals surface area contributed by atoms with Crippen LogP contribution in [0.3, 0.4) is 0 Å². The Morgan fingerprint density at radius 3 is 2.33 bits per heavy atom. The molecule has 0 amide bonds. The maximum absolute atomic E-state index is 12.8. The number of nitrogens with one attached hydrogen (secondary N) is 2. The van der Waals surface area contributed by atoms with Gasteiger partial charge < -0.3 is 10.6 Å². The molecule has 0 aromatic heterocycles. The molecule has 2 aliphatic rings. The molecule has 5 heteroatoms. The Balaban J connectivity index is 1.46. The van der Waals surface area contributed by atoms with Gasteiger partial charge in [-0.25, -0.2) is 0 Å². The number of halogens is 3. The van der Waals surface area contributed by atoms with Crippen molar-refractivity contribution < 1.29 is 13.2 Å². The van der Waals surface area contributed by atoms with Crippen LogP contribution in [0, 0.1) is 0 Å². The third-order valence-corrected chi connectivity index (χ3v) is 4.88. The van der Waals surface area contributed by atoms with Crippen molar-refractivity contribution in [1.29, 1.82) is 0 Å². The zero-order valence-electron chi connectivity index (χ0n) is 13.1. The van der Waals surface area contributed by atoms with E-state index in [2.05, 4.69) is 10.6 Å². The van der Waals surface area contributed by atoms with Crippen LogP contribution < -0.4 is 10.6 Å². The van der Waals surface area contributed by atoms with E-state index in [1.807, 2.05) is 24.3 Å². The molecule has 24 heavy (non-hydrogen) atoms. The van der Waals surface area contributed by atoms with E-state index in [1.165, 1.54) is 17.7 Å². The van der Waals surface area contributed by atoms with Crippen LogP contribution in [0.25, 0.3) is 11.1 Å². The van der Waals surface area contributed by atoms with Crippen molar-refractivity contribution in [2.45, 2.75) is 30.6 Å². The molecule has 4 rings (SSSR count).